The van der Waals surface area contributed by atoms with Crippen molar-refractivity contribution in [3.8, 4) is 42.1 Å². The molecule has 30 heavy (non-hydrogen) atoms. The summed E-state index contributed by atoms with van der Waals surface area (Å²) in [5, 5.41) is 0. The van der Waals surface area contributed by atoms with E-state index in [1.165, 1.54) is 30.6 Å². The van der Waals surface area contributed by atoms with E-state index in [1.807, 2.05) is 74.6 Å². The van der Waals surface area contributed by atoms with E-state index in [-0.39, 0.29) is 12.2 Å². The number of ether oxygens (including phenoxy) is 2. The van der Waals surface area contributed by atoms with Crippen molar-refractivity contribution >= 4 is 22.7 Å². The van der Waals surface area contributed by atoms with Crippen molar-refractivity contribution in [3.05, 3.63) is 72.8 Å². The molecule has 0 spiro atoms. The highest BCUT2D eigenvalue weighted by atomic mass is 32.1. The number of hydrogen-bond acceptors (Lipinski definition) is 4. The molecular weight excluding hydrogens is 408 g/mol. The Balaban J connectivity index is 1.50. The minimum atomic E-state index is 0.191. The molecule has 2 aromatic heterocycles. The minimum Gasteiger partial charge on any atom is -0.491 e. The molecule has 0 atom stereocenters. The van der Waals surface area contributed by atoms with Crippen molar-refractivity contribution in [2.45, 2.75) is 39.9 Å². The summed E-state index contributed by atoms with van der Waals surface area (Å²) in [5.74, 6) is 1.83. The monoisotopic (exact) mass is 434 g/mol. The van der Waals surface area contributed by atoms with Gasteiger partial charge in [0, 0.05) is 19.5 Å². The second-order valence-corrected chi connectivity index (χ2v) is 9.88. The Labute approximate surface area is 186 Å². The van der Waals surface area contributed by atoms with Crippen LogP contribution in [0.15, 0.2) is 72.8 Å². The van der Waals surface area contributed by atoms with Gasteiger partial charge in [-0.25, -0.2) is 0 Å². The molecule has 0 aliphatic heterocycles. The Morgan fingerprint density at radius 1 is 0.467 bits per heavy atom. The zero-order valence-electron chi connectivity index (χ0n) is 17.7. The molecule has 2 aromatic carbocycles. The molecule has 0 fully saturated rings. The van der Waals surface area contributed by atoms with Crippen molar-refractivity contribution < 1.29 is 9.47 Å². The molecule has 0 aliphatic carbocycles. The molecule has 0 aliphatic rings. The van der Waals surface area contributed by atoms with Gasteiger partial charge in [0.25, 0.3) is 0 Å². The van der Waals surface area contributed by atoms with E-state index >= 15 is 0 Å². The molecule has 0 amide bonds. The highest BCUT2D eigenvalue weighted by Crippen LogP contribution is 2.40. The van der Waals surface area contributed by atoms with E-state index in [2.05, 4.69) is 48.5 Å². The molecule has 4 rings (SSSR count). The molecule has 0 bridgehead atoms. The van der Waals surface area contributed by atoms with Gasteiger partial charge < -0.3 is 9.47 Å². The van der Waals surface area contributed by atoms with Crippen LogP contribution in [-0.4, -0.2) is 12.2 Å². The largest absolute Gasteiger partial charge is 0.491 e. The normalized spacial score (nSPS) is 11.3. The molecule has 154 valence electrons. The molecule has 0 N–H and O–H groups in total. The molecular formula is C26H26O2S2. The molecule has 4 heteroatoms. The third-order valence-corrected chi connectivity index (χ3v) is 6.94. The van der Waals surface area contributed by atoms with Crippen LogP contribution in [0.3, 0.4) is 0 Å². The van der Waals surface area contributed by atoms with Gasteiger partial charge in [0.2, 0.25) is 0 Å². The van der Waals surface area contributed by atoms with E-state index in [1.54, 1.807) is 0 Å². The SMILES string of the molecule is CC(C)Oc1ccc(-c2ccc(-c3ccc(-c4ccc(OC(C)C)cc4)s3)s2)cc1. The second-order valence-electron chi connectivity index (χ2n) is 7.71. The highest BCUT2D eigenvalue weighted by molar-refractivity contribution is 7.25. The number of rotatable bonds is 7. The molecule has 2 heterocycles. The topological polar surface area (TPSA) is 18.5 Å². The maximum Gasteiger partial charge on any atom is 0.119 e. The maximum atomic E-state index is 5.75. The Morgan fingerprint density at radius 3 is 1.13 bits per heavy atom. The van der Waals surface area contributed by atoms with Crippen LogP contribution in [0.2, 0.25) is 0 Å². The Kier molecular flexibility index (Phi) is 6.26. The van der Waals surface area contributed by atoms with Gasteiger partial charge >= 0.3 is 0 Å². The van der Waals surface area contributed by atoms with Crippen LogP contribution in [0.4, 0.5) is 0 Å². The van der Waals surface area contributed by atoms with Crippen LogP contribution in [0.25, 0.3) is 30.6 Å². The van der Waals surface area contributed by atoms with Crippen LogP contribution in [0, 0.1) is 0 Å². The van der Waals surface area contributed by atoms with Crippen molar-refractivity contribution in [2.24, 2.45) is 0 Å². The first-order valence-corrected chi connectivity index (χ1v) is 11.9. The van der Waals surface area contributed by atoms with Gasteiger partial charge in [-0.05, 0) is 112 Å². The van der Waals surface area contributed by atoms with Gasteiger partial charge in [-0.15, -0.1) is 22.7 Å². The zero-order valence-corrected chi connectivity index (χ0v) is 19.3. The van der Waals surface area contributed by atoms with Crippen LogP contribution >= 0.6 is 22.7 Å². The number of hydrogen-bond donors (Lipinski definition) is 0. The summed E-state index contributed by atoms with van der Waals surface area (Å²) in [4.78, 5) is 5.13. The Hall–Kier alpha value is -2.56. The fourth-order valence-corrected chi connectivity index (χ4v) is 5.30. The summed E-state index contributed by atoms with van der Waals surface area (Å²) in [5.41, 5.74) is 2.44. The number of benzene rings is 2. The maximum absolute atomic E-state index is 5.75. The molecule has 0 radical (unpaired) electrons. The van der Waals surface area contributed by atoms with E-state index in [0.29, 0.717) is 0 Å². The van der Waals surface area contributed by atoms with E-state index in [4.69, 9.17) is 9.47 Å². The van der Waals surface area contributed by atoms with Crippen molar-refractivity contribution in [1.82, 2.24) is 0 Å². The van der Waals surface area contributed by atoms with Crippen molar-refractivity contribution in [3.63, 3.8) is 0 Å². The predicted molar refractivity (Wildman–Crippen MR) is 130 cm³/mol. The fraction of sp³-hybridized carbons (Fsp3) is 0.231. The van der Waals surface area contributed by atoms with Gasteiger partial charge in [-0.1, -0.05) is 0 Å². The average Bonchev–Trinajstić information content (AvgIpc) is 3.38. The predicted octanol–water partition coefficient (Wildman–Crippen LogP) is 8.39. The first-order valence-electron chi connectivity index (χ1n) is 10.2. The van der Waals surface area contributed by atoms with Crippen LogP contribution in [-0.2, 0) is 0 Å². The molecule has 2 nitrogen and oxygen atoms in total. The summed E-state index contributed by atoms with van der Waals surface area (Å²) < 4.78 is 11.5. The van der Waals surface area contributed by atoms with Gasteiger partial charge in [-0.3, -0.25) is 0 Å². The van der Waals surface area contributed by atoms with Crippen LogP contribution in [0.1, 0.15) is 27.7 Å². The van der Waals surface area contributed by atoms with Crippen molar-refractivity contribution in [2.75, 3.05) is 0 Å². The summed E-state index contributed by atoms with van der Waals surface area (Å²) in [6.07, 6.45) is 0.382. The van der Waals surface area contributed by atoms with Gasteiger partial charge in [-0.2, -0.15) is 0 Å². The summed E-state index contributed by atoms with van der Waals surface area (Å²) in [6, 6.07) is 25.6. The smallest absolute Gasteiger partial charge is 0.119 e. The Bertz CT molecular complexity index is 997. The van der Waals surface area contributed by atoms with E-state index < -0.39 is 0 Å². The van der Waals surface area contributed by atoms with Gasteiger partial charge in [0.05, 0.1) is 12.2 Å². The highest BCUT2D eigenvalue weighted by Gasteiger charge is 2.10. The third kappa shape index (κ3) is 4.94. The molecule has 0 saturated carbocycles. The minimum absolute atomic E-state index is 0.191. The van der Waals surface area contributed by atoms with Crippen LogP contribution in [0.5, 0.6) is 11.5 Å². The van der Waals surface area contributed by atoms with Crippen molar-refractivity contribution in [1.29, 1.82) is 0 Å². The lowest BCUT2D eigenvalue weighted by molar-refractivity contribution is 0.242. The lowest BCUT2D eigenvalue weighted by Gasteiger charge is -2.09. The molecule has 0 unspecified atom stereocenters. The van der Waals surface area contributed by atoms with E-state index in [9.17, 15) is 0 Å². The van der Waals surface area contributed by atoms with Gasteiger partial charge in [0.15, 0.2) is 0 Å². The summed E-state index contributed by atoms with van der Waals surface area (Å²) in [6.45, 7) is 8.18. The molecule has 4 aromatic rings. The van der Waals surface area contributed by atoms with E-state index in [0.717, 1.165) is 11.5 Å². The first-order chi connectivity index (χ1) is 14.5. The standard InChI is InChI=1S/C26H26O2S2/c1-17(2)27-21-9-5-19(6-10-21)23-13-15-25(29-23)26-16-14-24(30-26)20-7-11-22(12-8-20)28-18(3)4/h5-18H,1-4H3. The third-order valence-electron chi connectivity index (χ3n) is 4.48. The van der Waals surface area contributed by atoms with Gasteiger partial charge in [0.1, 0.15) is 11.5 Å². The zero-order chi connectivity index (χ0) is 21.1. The van der Waals surface area contributed by atoms with Crippen LogP contribution < -0.4 is 9.47 Å². The second kappa shape index (κ2) is 9.07. The first kappa shape index (κ1) is 20.7. The quantitative estimate of drug-likeness (QED) is 0.291. The lowest BCUT2D eigenvalue weighted by atomic mass is 10.2. The lowest BCUT2D eigenvalue weighted by Crippen LogP contribution is -2.05. The number of thiophene rings is 2. The summed E-state index contributed by atoms with van der Waals surface area (Å²) in [7, 11) is 0. The fourth-order valence-electron chi connectivity index (χ4n) is 3.19. The Morgan fingerprint density at radius 2 is 0.800 bits per heavy atom. The molecule has 0 saturated heterocycles. The summed E-state index contributed by atoms with van der Waals surface area (Å²) >= 11 is 3.65. The average molecular weight is 435 g/mol.